The fourth-order valence-electron chi connectivity index (χ4n) is 3.21. The Hall–Kier alpha value is -1.38. The van der Waals surface area contributed by atoms with E-state index in [1.807, 2.05) is 0 Å². The Kier molecular flexibility index (Phi) is 5.16. The van der Waals surface area contributed by atoms with E-state index in [-0.39, 0.29) is 11.7 Å². The van der Waals surface area contributed by atoms with Crippen molar-refractivity contribution in [2.45, 2.75) is 51.4 Å². The molecule has 1 aliphatic rings. The predicted octanol–water partition coefficient (Wildman–Crippen LogP) is 5.56. The van der Waals surface area contributed by atoms with Crippen LogP contribution in [0.25, 0.3) is 0 Å². The molecule has 1 fully saturated rings. The van der Waals surface area contributed by atoms with Gasteiger partial charge < -0.3 is 4.74 Å². The van der Waals surface area contributed by atoms with Crippen molar-refractivity contribution in [2.24, 2.45) is 5.92 Å². The molecular formula is C17H22F2O. The van der Waals surface area contributed by atoms with Gasteiger partial charge in [-0.3, -0.25) is 0 Å². The van der Waals surface area contributed by atoms with Gasteiger partial charge in [-0.2, -0.15) is 4.39 Å². The first-order chi connectivity index (χ1) is 9.67. The monoisotopic (exact) mass is 280 g/mol. The third-order valence-corrected chi connectivity index (χ3v) is 4.27. The van der Waals surface area contributed by atoms with Gasteiger partial charge in [0.2, 0.25) is 5.82 Å². The molecule has 0 heterocycles. The standard InChI is InChI=1S/C17H22F2O/c1-3-5-12-6-8-13(9-7-12)14-10-11-15(20-4-2)17(19)16(14)18/h4,10-13H,2-3,5-9H2,1H3/t12-,13-. The van der Waals surface area contributed by atoms with E-state index < -0.39 is 11.6 Å². The maximum absolute atomic E-state index is 14.1. The Morgan fingerprint density at radius 3 is 2.50 bits per heavy atom. The number of hydrogen-bond acceptors (Lipinski definition) is 1. The van der Waals surface area contributed by atoms with Crippen molar-refractivity contribution < 1.29 is 13.5 Å². The number of ether oxygens (including phenoxy) is 1. The summed E-state index contributed by atoms with van der Waals surface area (Å²) in [4.78, 5) is 0. The summed E-state index contributed by atoms with van der Waals surface area (Å²) in [6, 6.07) is 3.15. The Morgan fingerprint density at radius 2 is 1.90 bits per heavy atom. The van der Waals surface area contributed by atoms with E-state index in [0.717, 1.165) is 37.9 Å². The van der Waals surface area contributed by atoms with Crippen LogP contribution in [-0.4, -0.2) is 0 Å². The van der Waals surface area contributed by atoms with Crippen molar-refractivity contribution in [2.75, 3.05) is 0 Å². The normalized spacial score (nSPS) is 22.6. The maximum atomic E-state index is 14.1. The molecular weight excluding hydrogens is 258 g/mol. The lowest BCUT2D eigenvalue weighted by Gasteiger charge is -2.29. The Labute approximate surface area is 119 Å². The molecule has 0 bridgehead atoms. The van der Waals surface area contributed by atoms with E-state index in [1.165, 1.54) is 18.9 Å². The number of benzene rings is 1. The van der Waals surface area contributed by atoms with Gasteiger partial charge in [-0.1, -0.05) is 32.4 Å². The Bertz CT molecular complexity index is 462. The molecule has 1 aromatic rings. The summed E-state index contributed by atoms with van der Waals surface area (Å²) in [5, 5.41) is 0. The van der Waals surface area contributed by atoms with Gasteiger partial charge in [0.15, 0.2) is 11.6 Å². The highest BCUT2D eigenvalue weighted by molar-refractivity contribution is 5.33. The largest absolute Gasteiger partial charge is 0.462 e. The summed E-state index contributed by atoms with van der Waals surface area (Å²) in [6.45, 7) is 5.55. The van der Waals surface area contributed by atoms with Crippen molar-refractivity contribution in [3.63, 3.8) is 0 Å². The van der Waals surface area contributed by atoms with Crippen LogP contribution in [0.15, 0.2) is 25.0 Å². The topological polar surface area (TPSA) is 9.23 Å². The second kappa shape index (κ2) is 6.87. The molecule has 1 aromatic carbocycles. The molecule has 0 atom stereocenters. The molecule has 0 N–H and O–H groups in total. The molecule has 0 unspecified atom stereocenters. The van der Waals surface area contributed by atoms with Crippen molar-refractivity contribution in [3.8, 4) is 5.75 Å². The highest BCUT2D eigenvalue weighted by Gasteiger charge is 2.26. The summed E-state index contributed by atoms with van der Waals surface area (Å²) in [5.41, 5.74) is 0.494. The zero-order chi connectivity index (χ0) is 14.5. The van der Waals surface area contributed by atoms with Crippen LogP contribution in [0, 0.1) is 17.6 Å². The van der Waals surface area contributed by atoms with E-state index in [1.54, 1.807) is 6.07 Å². The van der Waals surface area contributed by atoms with E-state index in [9.17, 15) is 8.78 Å². The van der Waals surface area contributed by atoms with E-state index in [0.29, 0.717) is 5.56 Å². The molecule has 1 aliphatic carbocycles. The van der Waals surface area contributed by atoms with E-state index >= 15 is 0 Å². The minimum absolute atomic E-state index is 0.0964. The van der Waals surface area contributed by atoms with Gasteiger partial charge in [0, 0.05) is 0 Å². The third kappa shape index (κ3) is 3.20. The number of halogens is 2. The highest BCUT2D eigenvalue weighted by atomic mass is 19.2. The minimum atomic E-state index is -0.905. The highest BCUT2D eigenvalue weighted by Crippen LogP contribution is 2.39. The average molecular weight is 280 g/mol. The average Bonchev–Trinajstić information content (AvgIpc) is 2.46. The molecule has 0 spiro atoms. The van der Waals surface area contributed by atoms with Crippen LogP contribution in [0.4, 0.5) is 8.78 Å². The van der Waals surface area contributed by atoms with Crippen molar-refractivity contribution >= 4 is 0 Å². The summed E-state index contributed by atoms with van der Waals surface area (Å²) < 4.78 is 32.8. The molecule has 0 amide bonds. The SMILES string of the molecule is C=COc1ccc([C@H]2CC[C@H](CCC)CC2)c(F)c1F. The summed E-state index contributed by atoms with van der Waals surface area (Å²) in [6.07, 6.45) is 7.68. The van der Waals surface area contributed by atoms with Crippen LogP contribution >= 0.6 is 0 Å². The molecule has 110 valence electrons. The van der Waals surface area contributed by atoms with Crippen molar-refractivity contribution in [3.05, 3.63) is 42.2 Å². The summed E-state index contributed by atoms with van der Waals surface area (Å²) in [7, 11) is 0. The first-order valence-corrected chi connectivity index (χ1v) is 7.42. The number of rotatable bonds is 5. The lowest BCUT2D eigenvalue weighted by atomic mass is 9.77. The zero-order valence-electron chi connectivity index (χ0n) is 12.0. The van der Waals surface area contributed by atoms with Crippen LogP contribution in [0.5, 0.6) is 5.75 Å². The predicted molar refractivity (Wildman–Crippen MR) is 76.8 cm³/mol. The fourth-order valence-corrected chi connectivity index (χ4v) is 3.21. The quantitative estimate of drug-likeness (QED) is 0.641. The Balaban J connectivity index is 2.10. The van der Waals surface area contributed by atoms with Crippen LogP contribution in [0.1, 0.15) is 56.9 Å². The third-order valence-electron chi connectivity index (χ3n) is 4.27. The van der Waals surface area contributed by atoms with Crippen LogP contribution < -0.4 is 4.74 Å². The molecule has 0 aromatic heterocycles. The van der Waals surface area contributed by atoms with Crippen molar-refractivity contribution in [1.82, 2.24) is 0 Å². The zero-order valence-corrected chi connectivity index (χ0v) is 12.0. The first kappa shape index (κ1) is 15.0. The molecule has 20 heavy (non-hydrogen) atoms. The lowest BCUT2D eigenvalue weighted by molar-refractivity contribution is 0.302. The fraction of sp³-hybridized carbons (Fsp3) is 0.529. The summed E-state index contributed by atoms with van der Waals surface area (Å²) >= 11 is 0. The number of hydrogen-bond donors (Lipinski definition) is 0. The van der Waals surface area contributed by atoms with Crippen LogP contribution in [0.3, 0.4) is 0 Å². The van der Waals surface area contributed by atoms with Gasteiger partial charge in [-0.25, -0.2) is 4.39 Å². The maximum Gasteiger partial charge on any atom is 0.201 e. The second-order valence-corrected chi connectivity index (χ2v) is 5.57. The van der Waals surface area contributed by atoms with Gasteiger partial charge in [-0.15, -0.1) is 0 Å². The lowest BCUT2D eigenvalue weighted by Crippen LogP contribution is -2.14. The molecule has 3 heteroatoms. The Morgan fingerprint density at radius 1 is 1.20 bits per heavy atom. The van der Waals surface area contributed by atoms with Crippen LogP contribution in [-0.2, 0) is 0 Å². The molecule has 0 aliphatic heterocycles. The van der Waals surface area contributed by atoms with E-state index in [2.05, 4.69) is 13.5 Å². The smallest absolute Gasteiger partial charge is 0.201 e. The first-order valence-electron chi connectivity index (χ1n) is 7.42. The van der Waals surface area contributed by atoms with E-state index in [4.69, 9.17) is 4.74 Å². The van der Waals surface area contributed by atoms with Gasteiger partial charge >= 0.3 is 0 Å². The van der Waals surface area contributed by atoms with Gasteiger partial charge in [0.1, 0.15) is 0 Å². The second-order valence-electron chi connectivity index (χ2n) is 5.57. The van der Waals surface area contributed by atoms with Crippen LogP contribution in [0.2, 0.25) is 0 Å². The molecule has 1 nitrogen and oxygen atoms in total. The van der Waals surface area contributed by atoms with Gasteiger partial charge in [-0.05, 0) is 49.1 Å². The van der Waals surface area contributed by atoms with Crippen molar-refractivity contribution in [1.29, 1.82) is 0 Å². The summed E-state index contributed by atoms with van der Waals surface area (Å²) in [5.74, 6) is -0.870. The van der Waals surface area contributed by atoms with Gasteiger partial charge in [0.25, 0.3) is 0 Å². The minimum Gasteiger partial charge on any atom is -0.462 e. The molecule has 0 radical (unpaired) electrons. The molecule has 2 rings (SSSR count). The molecule has 1 saturated carbocycles. The molecule has 0 saturated heterocycles. The van der Waals surface area contributed by atoms with Gasteiger partial charge in [0.05, 0.1) is 6.26 Å².